The summed E-state index contributed by atoms with van der Waals surface area (Å²) in [5.74, 6) is 7.19. The summed E-state index contributed by atoms with van der Waals surface area (Å²) in [5.41, 5.74) is 6.48. The number of fused-ring (bicyclic) bond motifs is 3. The summed E-state index contributed by atoms with van der Waals surface area (Å²) in [6, 6.07) is 28.1. The van der Waals surface area contributed by atoms with Crippen molar-refractivity contribution in [1.29, 1.82) is 0 Å². The summed E-state index contributed by atoms with van der Waals surface area (Å²) >= 11 is -1.86. The average Bonchev–Trinajstić information content (AvgIpc) is 3.16. The fourth-order valence-corrected chi connectivity index (χ4v) is 6.53. The van der Waals surface area contributed by atoms with Crippen LogP contribution in [-0.4, -0.2) is 18.3 Å². The number of hydrogen-bond donors (Lipinski definition) is 0. The van der Waals surface area contributed by atoms with Gasteiger partial charge < -0.3 is 0 Å². The van der Waals surface area contributed by atoms with Gasteiger partial charge in [-0.3, -0.25) is 0 Å². The van der Waals surface area contributed by atoms with Crippen molar-refractivity contribution < 1.29 is 4.42 Å². The first-order chi connectivity index (χ1) is 15.2. The van der Waals surface area contributed by atoms with Crippen LogP contribution in [0.4, 0.5) is 0 Å². The van der Waals surface area contributed by atoms with Gasteiger partial charge in [-0.1, -0.05) is 30.3 Å². The zero-order valence-corrected chi connectivity index (χ0v) is 21.5. The van der Waals surface area contributed by atoms with E-state index in [1.165, 1.54) is 15.5 Å². The standard InChI is InChI=1S/C29H29GeNO/c1-29(2,21-9-7-6-8-10-21)22-12-16-28-25(18-22)24-17-20(11-15-27(24)32-28)26-14-13-23(19-31-26)30(3,4)5/h6-19H,1-5H3. The van der Waals surface area contributed by atoms with Crippen LogP contribution in [0.15, 0.2) is 89.5 Å². The number of hydrogen-bond acceptors (Lipinski definition) is 2. The van der Waals surface area contributed by atoms with Crippen LogP contribution in [-0.2, 0) is 5.41 Å². The van der Waals surface area contributed by atoms with Crippen LogP contribution in [0.2, 0.25) is 17.3 Å². The van der Waals surface area contributed by atoms with Gasteiger partial charge in [0.25, 0.3) is 0 Å². The van der Waals surface area contributed by atoms with Gasteiger partial charge >= 0.3 is 163 Å². The van der Waals surface area contributed by atoms with Crippen molar-refractivity contribution in [3.8, 4) is 11.3 Å². The predicted octanol–water partition coefficient (Wildman–Crippen LogP) is 7.52. The van der Waals surface area contributed by atoms with E-state index in [0.29, 0.717) is 0 Å². The molecule has 0 fully saturated rings. The molecule has 0 spiro atoms. The Morgan fingerprint density at radius 1 is 0.719 bits per heavy atom. The third-order valence-corrected chi connectivity index (χ3v) is 10.9. The molecule has 0 radical (unpaired) electrons. The molecule has 160 valence electrons. The second-order valence-electron chi connectivity index (χ2n) is 10.2. The second-order valence-corrected chi connectivity index (χ2v) is 20.8. The topological polar surface area (TPSA) is 26.0 Å². The molecule has 2 aromatic heterocycles. The van der Waals surface area contributed by atoms with E-state index in [4.69, 9.17) is 9.40 Å². The predicted molar refractivity (Wildman–Crippen MR) is 139 cm³/mol. The van der Waals surface area contributed by atoms with E-state index >= 15 is 0 Å². The first-order valence-corrected chi connectivity index (χ1v) is 18.6. The molecule has 5 aromatic rings. The molecule has 3 heteroatoms. The summed E-state index contributed by atoms with van der Waals surface area (Å²) in [6.45, 7) is 4.56. The molecule has 2 heterocycles. The van der Waals surface area contributed by atoms with Crippen molar-refractivity contribution >= 4 is 39.6 Å². The third-order valence-electron chi connectivity index (χ3n) is 6.61. The molecular weight excluding hydrogens is 451 g/mol. The number of furan rings is 1. The number of pyridine rings is 1. The maximum absolute atomic E-state index is 6.17. The molecule has 0 saturated heterocycles. The normalized spacial score (nSPS) is 12.5. The molecule has 0 atom stereocenters. The second kappa shape index (κ2) is 7.63. The summed E-state index contributed by atoms with van der Waals surface area (Å²) < 4.78 is 7.59. The van der Waals surface area contributed by atoms with E-state index in [1.807, 2.05) is 0 Å². The van der Waals surface area contributed by atoms with Gasteiger partial charge in [-0.25, -0.2) is 0 Å². The van der Waals surface area contributed by atoms with Gasteiger partial charge in [0.05, 0.1) is 0 Å². The Balaban J connectivity index is 1.61. The van der Waals surface area contributed by atoms with Crippen molar-refractivity contribution in [2.24, 2.45) is 0 Å². The van der Waals surface area contributed by atoms with Gasteiger partial charge in [-0.15, -0.1) is 0 Å². The number of rotatable bonds is 4. The summed E-state index contributed by atoms with van der Waals surface area (Å²) in [4.78, 5) is 4.80. The van der Waals surface area contributed by atoms with Crippen LogP contribution in [0.5, 0.6) is 0 Å². The molecule has 0 unspecified atom stereocenters. The summed E-state index contributed by atoms with van der Waals surface area (Å²) in [7, 11) is 0. The first-order valence-electron chi connectivity index (χ1n) is 11.2. The van der Waals surface area contributed by atoms with Gasteiger partial charge in [0.2, 0.25) is 0 Å². The van der Waals surface area contributed by atoms with Crippen LogP contribution in [0.3, 0.4) is 0 Å². The fourth-order valence-electron chi connectivity index (χ4n) is 4.36. The number of benzene rings is 3. The third kappa shape index (κ3) is 3.67. The van der Waals surface area contributed by atoms with E-state index in [2.05, 4.69) is 116 Å². The first kappa shape index (κ1) is 21.0. The van der Waals surface area contributed by atoms with Gasteiger partial charge in [-0.2, -0.15) is 0 Å². The van der Waals surface area contributed by atoms with Crippen molar-refractivity contribution in [2.45, 2.75) is 36.5 Å². The van der Waals surface area contributed by atoms with E-state index in [-0.39, 0.29) is 5.41 Å². The Hall–Kier alpha value is -2.85. The molecule has 0 aliphatic rings. The number of nitrogens with zero attached hydrogens (tertiary/aromatic N) is 1. The minimum absolute atomic E-state index is 0.0910. The van der Waals surface area contributed by atoms with Crippen LogP contribution >= 0.6 is 0 Å². The van der Waals surface area contributed by atoms with E-state index in [0.717, 1.165) is 33.2 Å². The van der Waals surface area contributed by atoms with Crippen LogP contribution in [0.1, 0.15) is 25.0 Å². The van der Waals surface area contributed by atoms with Crippen LogP contribution < -0.4 is 4.40 Å². The summed E-state index contributed by atoms with van der Waals surface area (Å²) in [6.07, 6.45) is 2.08. The Morgan fingerprint density at radius 3 is 2.06 bits per heavy atom. The summed E-state index contributed by atoms with van der Waals surface area (Å²) in [5, 5.41) is 2.30. The van der Waals surface area contributed by atoms with Gasteiger partial charge in [0.1, 0.15) is 0 Å². The van der Waals surface area contributed by atoms with E-state index in [9.17, 15) is 0 Å². The van der Waals surface area contributed by atoms with E-state index in [1.54, 1.807) is 0 Å². The molecule has 0 aliphatic carbocycles. The Bertz CT molecular complexity index is 1410. The number of aromatic nitrogens is 1. The quantitative estimate of drug-likeness (QED) is 0.249. The van der Waals surface area contributed by atoms with Gasteiger partial charge in [-0.05, 0) is 0 Å². The Kier molecular flexibility index (Phi) is 5.01. The minimum atomic E-state index is -1.86. The van der Waals surface area contributed by atoms with Crippen molar-refractivity contribution in [2.75, 3.05) is 0 Å². The molecule has 5 rings (SSSR count). The van der Waals surface area contributed by atoms with Crippen molar-refractivity contribution in [1.82, 2.24) is 4.98 Å². The Labute approximate surface area is 192 Å². The Morgan fingerprint density at radius 2 is 1.41 bits per heavy atom. The fraction of sp³-hybridized carbons (Fsp3) is 0.207. The molecule has 2 nitrogen and oxygen atoms in total. The molecule has 0 amide bonds. The molecule has 0 bridgehead atoms. The SMILES string of the molecule is CC(C)(c1ccccc1)c1ccc2oc3ccc(-c4cc[c]([Ge]([CH3])([CH3])[CH3])cn4)cc3c2c1. The molecule has 0 saturated carbocycles. The van der Waals surface area contributed by atoms with Gasteiger partial charge in [0, 0.05) is 0 Å². The molecular formula is C29H29GeNO. The molecule has 32 heavy (non-hydrogen) atoms. The van der Waals surface area contributed by atoms with Gasteiger partial charge in [0.15, 0.2) is 0 Å². The maximum atomic E-state index is 6.17. The molecule has 0 aliphatic heterocycles. The zero-order chi connectivity index (χ0) is 22.5. The van der Waals surface area contributed by atoms with Crippen LogP contribution in [0.25, 0.3) is 33.2 Å². The van der Waals surface area contributed by atoms with E-state index < -0.39 is 13.3 Å². The monoisotopic (exact) mass is 481 g/mol. The van der Waals surface area contributed by atoms with Crippen molar-refractivity contribution in [3.63, 3.8) is 0 Å². The zero-order valence-electron chi connectivity index (χ0n) is 19.4. The van der Waals surface area contributed by atoms with Crippen LogP contribution in [0, 0.1) is 0 Å². The van der Waals surface area contributed by atoms with Crippen molar-refractivity contribution in [3.05, 3.63) is 96.2 Å². The molecule has 0 N–H and O–H groups in total. The average molecular weight is 480 g/mol. The molecule has 3 aromatic carbocycles.